The Labute approximate surface area is 225 Å². The first kappa shape index (κ1) is 25.7. The van der Waals surface area contributed by atoms with Gasteiger partial charge in [0.1, 0.15) is 18.2 Å². The summed E-state index contributed by atoms with van der Waals surface area (Å²) in [4.78, 5) is 25.0. The van der Waals surface area contributed by atoms with Crippen molar-refractivity contribution >= 4 is 28.3 Å². The van der Waals surface area contributed by atoms with Gasteiger partial charge in [-0.3, -0.25) is 4.79 Å². The number of anilines is 1. The largest absolute Gasteiger partial charge is 0.489 e. The van der Waals surface area contributed by atoms with Gasteiger partial charge in [0.2, 0.25) is 5.91 Å². The standard InChI is InChI=1S/C33H26FNO4/c34-30-17-16-24(27-11-6-7-13-29(27)30)20-32(36)35-31-18-22(21-39-26-9-2-1-3-10-26)14-15-25(31)19-23-8-4-5-12-28(23)33(37)38/h1-18H,19-21H2,(H,35,36)(H,37,38). The molecule has 0 radical (unpaired) electrons. The van der Waals surface area contributed by atoms with Crippen LogP contribution in [-0.4, -0.2) is 17.0 Å². The Morgan fingerprint density at radius 3 is 2.23 bits per heavy atom. The zero-order valence-corrected chi connectivity index (χ0v) is 21.1. The molecule has 5 nitrogen and oxygen atoms in total. The van der Waals surface area contributed by atoms with Crippen molar-refractivity contribution in [1.29, 1.82) is 0 Å². The highest BCUT2D eigenvalue weighted by Gasteiger charge is 2.15. The first-order valence-electron chi connectivity index (χ1n) is 12.5. The van der Waals surface area contributed by atoms with Crippen LogP contribution in [0.5, 0.6) is 5.75 Å². The Hall–Kier alpha value is -4.97. The molecule has 0 aromatic heterocycles. The summed E-state index contributed by atoms with van der Waals surface area (Å²) in [6.45, 7) is 0.293. The molecule has 0 saturated heterocycles. The van der Waals surface area contributed by atoms with E-state index in [0.29, 0.717) is 40.6 Å². The van der Waals surface area contributed by atoms with Crippen molar-refractivity contribution in [3.8, 4) is 5.75 Å². The lowest BCUT2D eigenvalue weighted by molar-refractivity contribution is -0.115. The highest BCUT2D eigenvalue weighted by Crippen LogP contribution is 2.26. The number of benzene rings is 5. The van der Waals surface area contributed by atoms with Crippen LogP contribution in [0.25, 0.3) is 10.8 Å². The number of fused-ring (bicyclic) bond motifs is 1. The van der Waals surface area contributed by atoms with Gasteiger partial charge in [0.15, 0.2) is 0 Å². The van der Waals surface area contributed by atoms with Crippen molar-refractivity contribution in [3.05, 3.63) is 143 Å². The number of hydrogen-bond donors (Lipinski definition) is 2. The minimum absolute atomic E-state index is 0.0523. The first-order chi connectivity index (χ1) is 19.0. The average Bonchev–Trinajstić information content (AvgIpc) is 2.95. The van der Waals surface area contributed by atoms with Crippen molar-refractivity contribution in [2.24, 2.45) is 0 Å². The molecule has 2 N–H and O–H groups in total. The molecule has 0 saturated carbocycles. The molecule has 0 atom stereocenters. The number of amides is 1. The van der Waals surface area contributed by atoms with E-state index in [-0.39, 0.29) is 23.7 Å². The van der Waals surface area contributed by atoms with E-state index < -0.39 is 5.97 Å². The Balaban J connectivity index is 1.43. The number of carboxylic acid groups (broad SMARTS) is 1. The van der Waals surface area contributed by atoms with Crippen LogP contribution in [0.1, 0.15) is 32.6 Å². The summed E-state index contributed by atoms with van der Waals surface area (Å²) in [7, 11) is 0. The second-order valence-electron chi connectivity index (χ2n) is 9.21. The first-order valence-corrected chi connectivity index (χ1v) is 12.5. The average molecular weight is 520 g/mol. The number of aromatic carboxylic acids is 1. The number of ether oxygens (including phenoxy) is 1. The van der Waals surface area contributed by atoms with Gasteiger partial charge in [0.25, 0.3) is 0 Å². The Bertz CT molecular complexity index is 1650. The summed E-state index contributed by atoms with van der Waals surface area (Å²) in [5.41, 5.74) is 3.75. The van der Waals surface area contributed by atoms with Gasteiger partial charge >= 0.3 is 5.97 Å². The molecule has 0 bridgehead atoms. The van der Waals surface area contributed by atoms with Crippen LogP contribution in [0.2, 0.25) is 0 Å². The van der Waals surface area contributed by atoms with E-state index >= 15 is 0 Å². The maximum Gasteiger partial charge on any atom is 0.335 e. The number of carbonyl (C=O) groups is 2. The normalized spacial score (nSPS) is 10.8. The molecule has 5 aromatic carbocycles. The molecule has 0 aliphatic carbocycles. The maximum atomic E-state index is 14.3. The lowest BCUT2D eigenvalue weighted by Crippen LogP contribution is -2.16. The van der Waals surface area contributed by atoms with Crippen molar-refractivity contribution in [2.75, 3.05) is 5.32 Å². The molecule has 0 aliphatic heterocycles. The molecular formula is C33H26FNO4. The third-order valence-corrected chi connectivity index (χ3v) is 6.54. The molecule has 1 amide bonds. The minimum atomic E-state index is -1.01. The van der Waals surface area contributed by atoms with Crippen molar-refractivity contribution in [3.63, 3.8) is 0 Å². The van der Waals surface area contributed by atoms with E-state index in [9.17, 15) is 19.1 Å². The number of rotatable bonds is 9. The van der Waals surface area contributed by atoms with Crippen LogP contribution in [-0.2, 0) is 24.2 Å². The fourth-order valence-corrected chi connectivity index (χ4v) is 4.60. The second-order valence-corrected chi connectivity index (χ2v) is 9.21. The van der Waals surface area contributed by atoms with Gasteiger partial charge in [-0.05, 0) is 58.0 Å². The van der Waals surface area contributed by atoms with Crippen molar-refractivity contribution in [2.45, 2.75) is 19.4 Å². The molecule has 6 heteroatoms. The second kappa shape index (κ2) is 11.6. The van der Waals surface area contributed by atoms with Gasteiger partial charge in [0.05, 0.1) is 12.0 Å². The zero-order chi connectivity index (χ0) is 27.2. The van der Waals surface area contributed by atoms with Crippen molar-refractivity contribution in [1.82, 2.24) is 0 Å². The fraction of sp³-hybridized carbons (Fsp3) is 0.0909. The van der Waals surface area contributed by atoms with Gasteiger partial charge in [-0.2, -0.15) is 0 Å². The predicted molar refractivity (Wildman–Crippen MR) is 150 cm³/mol. The summed E-state index contributed by atoms with van der Waals surface area (Å²) >= 11 is 0. The maximum absolute atomic E-state index is 14.3. The topological polar surface area (TPSA) is 75.6 Å². The number of halogens is 1. The Morgan fingerprint density at radius 1 is 0.744 bits per heavy atom. The number of nitrogens with one attached hydrogen (secondary N) is 1. The fourth-order valence-electron chi connectivity index (χ4n) is 4.60. The third-order valence-electron chi connectivity index (χ3n) is 6.54. The Kier molecular flexibility index (Phi) is 7.64. The quantitative estimate of drug-likeness (QED) is 0.219. The molecule has 5 aromatic rings. The highest BCUT2D eigenvalue weighted by molar-refractivity contribution is 5.97. The monoisotopic (exact) mass is 519 g/mol. The zero-order valence-electron chi connectivity index (χ0n) is 21.1. The number of carboxylic acids is 1. The van der Waals surface area contributed by atoms with E-state index in [0.717, 1.165) is 16.9 Å². The van der Waals surface area contributed by atoms with E-state index in [1.165, 1.54) is 6.07 Å². The molecule has 0 fully saturated rings. The molecule has 5 rings (SSSR count). The van der Waals surface area contributed by atoms with E-state index in [1.54, 1.807) is 48.5 Å². The van der Waals surface area contributed by atoms with Gasteiger partial charge in [-0.1, -0.05) is 78.9 Å². The van der Waals surface area contributed by atoms with Crippen LogP contribution in [0.3, 0.4) is 0 Å². The van der Waals surface area contributed by atoms with E-state index in [2.05, 4.69) is 5.32 Å². The summed E-state index contributed by atoms with van der Waals surface area (Å²) in [5, 5.41) is 13.8. The molecular weight excluding hydrogens is 493 g/mol. The molecule has 39 heavy (non-hydrogen) atoms. The highest BCUT2D eigenvalue weighted by atomic mass is 19.1. The van der Waals surface area contributed by atoms with Gasteiger partial charge < -0.3 is 15.2 Å². The molecule has 0 heterocycles. The summed E-state index contributed by atoms with van der Waals surface area (Å²) < 4.78 is 20.2. The lowest BCUT2D eigenvalue weighted by Gasteiger charge is -2.15. The van der Waals surface area contributed by atoms with Crippen LogP contribution in [0.15, 0.2) is 109 Å². The lowest BCUT2D eigenvalue weighted by atomic mass is 9.97. The molecule has 0 spiro atoms. The molecule has 0 aliphatic rings. The van der Waals surface area contributed by atoms with Crippen LogP contribution in [0, 0.1) is 5.82 Å². The van der Waals surface area contributed by atoms with E-state index in [1.807, 2.05) is 54.6 Å². The molecule has 194 valence electrons. The summed E-state index contributed by atoms with van der Waals surface area (Å²) in [6.07, 6.45) is 0.369. The number of para-hydroxylation sites is 1. The third kappa shape index (κ3) is 6.13. The summed E-state index contributed by atoms with van der Waals surface area (Å²) in [6, 6.07) is 32.0. The van der Waals surface area contributed by atoms with Crippen LogP contribution >= 0.6 is 0 Å². The Morgan fingerprint density at radius 2 is 1.44 bits per heavy atom. The van der Waals surface area contributed by atoms with Crippen LogP contribution in [0.4, 0.5) is 10.1 Å². The van der Waals surface area contributed by atoms with Gasteiger partial charge in [-0.25, -0.2) is 9.18 Å². The smallest absolute Gasteiger partial charge is 0.335 e. The predicted octanol–water partition coefficient (Wildman–Crippen LogP) is 7.03. The van der Waals surface area contributed by atoms with Crippen LogP contribution < -0.4 is 10.1 Å². The molecule has 0 unspecified atom stereocenters. The summed E-state index contributed by atoms with van der Waals surface area (Å²) in [5.74, 6) is -0.876. The van der Waals surface area contributed by atoms with Gasteiger partial charge in [0, 0.05) is 17.5 Å². The van der Waals surface area contributed by atoms with E-state index in [4.69, 9.17) is 4.74 Å². The van der Waals surface area contributed by atoms with Gasteiger partial charge in [-0.15, -0.1) is 0 Å². The SMILES string of the molecule is O=C(Cc1ccc(F)c2ccccc12)Nc1cc(COc2ccccc2)ccc1Cc1ccccc1C(=O)O. The number of hydrogen-bond acceptors (Lipinski definition) is 3. The number of carbonyl (C=O) groups excluding carboxylic acids is 1. The minimum Gasteiger partial charge on any atom is -0.489 e. The van der Waals surface area contributed by atoms with Crippen molar-refractivity contribution < 1.29 is 23.8 Å².